The topological polar surface area (TPSA) is 97.6 Å². The molecule has 0 saturated heterocycles. The number of aliphatic imine (C=N–C) groups is 1. The summed E-state index contributed by atoms with van der Waals surface area (Å²) in [5.41, 5.74) is 6.26. The maximum absolute atomic E-state index is 14.9. The van der Waals surface area contributed by atoms with E-state index in [1.807, 2.05) is 6.07 Å². The van der Waals surface area contributed by atoms with Gasteiger partial charge in [0.1, 0.15) is 17.6 Å². The van der Waals surface area contributed by atoms with E-state index < -0.39 is 21.1 Å². The number of nitrogens with zero attached hydrogens (tertiary/aromatic N) is 4. The Morgan fingerprint density at radius 3 is 2.82 bits per heavy atom. The van der Waals surface area contributed by atoms with E-state index in [-0.39, 0.29) is 11.7 Å². The van der Waals surface area contributed by atoms with Crippen LogP contribution >= 0.6 is 11.3 Å². The molecule has 28 heavy (non-hydrogen) atoms. The van der Waals surface area contributed by atoms with Gasteiger partial charge < -0.3 is 10.2 Å². The molecule has 3 aromatic heterocycles. The van der Waals surface area contributed by atoms with Crippen LogP contribution in [0.5, 0.6) is 0 Å². The summed E-state index contributed by atoms with van der Waals surface area (Å²) in [7, 11) is -1.12. The summed E-state index contributed by atoms with van der Waals surface area (Å²) < 4.78 is 34.4. The number of hydrogen-bond acceptors (Lipinski definition) is 7. The van der Waals surface area contributed by atoms with E-state index in [9.17, 15) is 8.60 Å². The van der Waals surface area contributed by atoms with Crippen molar-refractivity contribution in [2.45, 2.75) is 12.5 Å². The number of halogens is 1. The first-order valence-electron chi connectivity index (χ1n) is 8.29. The van der Waals surface area contributed by atoms with Crippen molar-refractivity contribution in [3.8, 4) is 21.9 Å². The van der Waals surface area contributed by atoms with E-state index >= 15 is 0 Å². The molecule has 10 heteroatoms. The molecule has 1 unspecified atom stereocenters. The van der Waals surface area contributed by atoms with Gasteiger partial charge in [0.15, 0.2) is 0 Å². The maximum Gasteiger partial charge on any atom is 0.227 e. The van der Waals surface area contributed by atoms with Crippen molar-refractivity contribution in [2.75, 3.05) is 12.8 Å². The summed E-state index contributed by atoms with van der Waals surface area (Å²) in [4.78, 5) is 13.8. The molecule has 0 aliphatic carbocycles. The van der Waals surface area contributed by atoms with E-state index in [1.54, 1.807) is 32.6 Å². The highest BCUT2D eigenvalue weighted by Gasteiger charge is 2.40. The summed E-state index contributed by atoms with van der Waals surface area (Å²) in [5.74, 6) is 3.92. The highest BCUT2D eigenvalue weighted by Crippen LogP contribution is 2.41. The number of nitrogens with two attached hydrogens (primary N) is 1. The van der Waals surface area contributed by atoms with Crippen LogP contribution in [-0.4, -0.2) is 43.1 Å². The summed E-state index contributed by atoms with van der Waals surface area (Å²) in [6.45, 7) is 1.72. The minimum Gasteiger partial charge on any atom is -0.444 e. The Morgan fingerprint density at radius 2 is 2.14 bits per heavy atom. The Hall–Kier alpha value is -2.72. The molecule has 4 rings (SSSR count). The third kappa shape index (κ3) is 3.08. The van der Waals surface area contributed by atoms with Gasteiger partial charge in [0.05, 0.1) is 32.1 Å². The van der Waals surface area contributed by atoms with Gasteiger partial charge >= 0.3 is 0 Å². The molecule has 3 aromatic rings. The molecule has 2 atom stereocenters. The third-order valence-electron chi connectivity index (χ3n) is 4.57. The summed E-state index contributed by atoms with van der Waals surface area (Å²) in [5, 5.41) is 0. The molecular formula is C18H18FN5O2S2. The minimum atomic E-state index is -2.69. The van der Waals surface area contributed by atoms with Crippen LogP contribution in [0.25, 0.3) is 21.9 Å². The molecule has 4 heterocycles. The van der Waals surface area contributed by atoms with Crippen molar-refractivity contribution < 1.29 is 13.0 Å². The Morgan fingerprint density at radius 1 is 1.39 bits per heavy atom. The molecule has 0 fully saturated rings. The normalized spacial score (nSPS) is 25.0. The lowest BCUT2D eigenvalue weighted by molar-refractivity contribution is 0.493. The number of guanidine groups is 1. The fraction of sp³-hybridized carbons (Fsp3) is 0.222. The standard InChI is InChI=1S/C18H18FN5O2S2/c1-18(10-28(3,25)24(2)17(20)23-18)15-13(19)7-14(27-15)11-6-12(9-21-8-11)16-22-4-5-26-16/h4-9H,3,10H2,1-2H3,(H2,20,23)/t18-,28?/m0/s1. The van der Waals surface area contributed by atoms with Crippen molar-refractivity contribution in [2.24, 2.45) is 10.7 Å². The van der Waals surface area contributed by atoms with E-state index in [4.69, 9.17) is 10.2 Å². The van der Waals surface area contributed by atoms with Gasteiger partial charge in [0.2, 0.25) is 11.9 Å². The molecule has 1 aliphatic heterocycles. The molecule has 0 radical (unpaired) electrons. The second-order valence-electron chi connectivity index (χ2n) is 6.75. The average Bonchev–Trinajstić information content (AvgIpc) is 3.29. The van der Waals surface area contributed by atoms with Gasteiger partial charge in [-0.25, -0.2) is 18.6 Å². The predicted octanol–water partition coefficient (Wildman–Crippen LogP) is 2.71. The predicted molar refractivity (Wildman–Crippen MR) is 110 cm³/mol. The number of hydrogen-bond donors (Lipinski definition) is 1. The van der Waals surface area contributed by atoms with E-state index in [0.29, 0.717) is 21.2 Å². The number of oxazole rings is 1. The number of aromatic nitrogens is 2. The number of pyridine rings is 1. The monoisotopic (exact) mass is 419 g/mol. The lowest BCUT2D eigenvalue weighted by atomic mass is 10.0. The van der Waals surface area contributed by atoms with Crippen molar-refractivity contribution in [3.05, 3.63) is 47.7 Å². The zero-order valence-corrected chi connectivity index (χ0v) is 16.9. The van der Waals surface area contributed by atoms with Crippen molar-refractivity contribution in [3.63, 3.8) is 0 Å². The Kier molecular flexibility index (Phi) is 4.27. The van der Waals surface area contributed by atoms with Crippen molar-refractivity contribution in [1.82, 2.24) is 14.3 Å². The first-order chi connectivity index (χ1) is 13.2. The Labute approximate surface area is 165 Å². The van der Waals surface area contributed by atoms with E-state index in [2.05, 4.69) is 20.8 Å². The molecule has 0 amide bonds. The van der Waals surface area contributed by atoms with E-state index in [1.165, 1.54) is 28.0 Å². The molecule has 0 aromatic carbocycles. The van der Waals surface area contributed by atoms with Crippen LogP contribution in [0.15, 0.2) is 46.4 Å². The maximum atomic E-state index is 14.9. The third-order valence-corrected chi connectivity index (χ3v) is 8.18. The van der Waals surface area contributed by atoms with Gasteiger partial charge in [-0.05, 0) is 24.9 Å². The van der Waals surface area contributed by atoms with Crippen LogP contribution < -0.4 is 5.73 Å². The smallest absolute Gasteiger partial charge is 0.227 e. The fourth-order valence-corrected chi connectivity index (χ4v) is 5.97. The van der Waals surface area contributed by atoms with E-state index in [0.717, 1.165) is 5.56 Å². The lowest BCUT2D eigenvalue weighted by Crippen LogP contribution is -2.50. The lowest BCUT2D eigenvalue weighted by Gasteiger charge is -2.36. The molecular weight excluding hydrogens is 401 g/mol. The molecule has 2 N–H and O–H groups in total. The summed E-state index contributed by atoms with van der Waals surface area (Å²) in [6.07, 6.45) is 6.29. The average molecular weight is 420 g/mol. The van der Waals surface area contributed by atoms with Gasteiger partial charge in [-0.2, -0.15) is 0 Å². The van der Waals surface area contributed by atoms with Gasteiger partial charge in [-0.15, -0.1) is 11.3 Å². The number of thiophene rings is 1. The molecule has 0 saturated carbocycles. The van der Waals surface area contributed by atoms with Gasteiger partial charge in [-0.1, -0.05) is 0 Å². The van der Waals surface area contributed by atoms with Crippen LogP contribution in [0.2, 0.25) is 0 Å². The van der Waals surface area contributed by atoms with Crippen molar-refractivity contribution >= 4 is 32.9 Å². The zero-order valence-electron chi connectivity index (χ0n) is 15.3. The highest BCUT2D eigenvalue weighted by molar-refractivity contribution is 7.98. The Balaban J connectivity index is 1.77. The minimum absolute atomic E-state index is 0.0721. The first kappa shape index (κ1) is 18.6. The van der Waals surface area contributed by atoms with Gasteiger partial charge in [0, 0.05) is 29.9 Å². The van der Waals surface area contributed by atoms with Gasteiger partial charge in [-0.3, -0.25) is 9.29 Å². The first-order valence-corrected chi connectivity index (χ1v) is 11.0. The summed E-state index contributed by atoms with van der Waals surface area (Å²) in [6, 6.07) is 3.25. The Bertz CT molecular complexity index is 1170. The second-order valence-corrected chi connectivity index (χ2v) is 10.2. The molecule has 0 spiro atoms. The highest BCUT2D eigenvalue weighted by atomic mass is 32.2. The number of rotatable bonds is 3. The van der Waals surface area contributed by atoms with Crippen LogP contribution in [-0.2, 0) is 15.2 Å². The molecule has 1 aliphatic rings. The largest absolute Gasteiger partial charge is 0.444 e. The van der Waals surface area contributed by atoms with Gasteiger partial charge in [0.25, 0.3) is 0 Å². The SMILES string of the molecule is C=S1(=O)C[C@@](C)(c2sc(-c3cncc(-c4ncco4)c3)cc2F)N=C(N)N1C. The zero-order chi connectivity index (χ0) is 20.1. The second kappa shape index (κ2) is 6.42. The molecule has 0 bridgehead atoms. The summed E-state index contributed by atoms with van der Waals surface area (Å²) >= 11 is 1.23. The van der Waals surface area contributed by atoms with Crippen LogP contribution in [0.1, 0.15) is 11.8 Å². The van der Waals surface area contributed by atoms with Crippen LogP contribution in [0.3, 0.4) is 0 Å². The quantitative estimate of drug-likeness (QED) is 0.659. The fourth-order valence-electron chi connectivity index (χ4n) is 3.11. The van der Waals surface area contributed by atoms with Crippen LogP contribution in [0.4, 0.5) is 4.39 Å². The molecule has 7 nitrogen and oxygen atoms in total. The van der Waals surface area contributed by atoms with Crippen LogP contribution in [0, 0.1) is 5.82 Å². The van der Waals surface area contributed by atoms with Crippen molar-refractivity contribution in [1.29, 1.82) is 0 Å². The molecule has 146 valence electrons.